The highest BCUT2D eigenvalue weighted by Gasteiger charge is 2.52. The molecule has 0 radical (unpaired) electrons. The first-order chi connectivity index (χ1) is 10.0. The van der Waals surface area contributed by atoms with E-state index < -0.39 is 36.0 Å². The lowest BCUT2D eigenvalue weighted by Gasteiger charge is -2.32. The maximum Gasteiger partial charge on any atom is 0.497 e. The SMILES string of the molecule is CC(Cc1cccc(B2OC(C)(C)C(C)(C)O2)c1F)C(=O)O. The fraction of sp³-hybridized carbons (Fsp3) is 0.562. The molecule has 1 heterocycles. The Balaban J connectivity index is 2.29. The summed E-state index contributed by atoms with van der Waals surface area (Å²) in [5.74, 6) is -2.04. The lowest BCUT2D eigenvalue weighted by molar-refractivity contribution is -0.141. The summed E-state index contributed by atoms with van der Waals surface area (Å²) in [6.45, 7) is 9.17. The molecule has 0 aliphatic carbocycles. The van der Waals surface area contributed by atoms with Crippen molar-refractivity contribution in [1.82, 2.24) is 0 Å². The first-order valence-electron chi connectivity index (χ1n) is 7.41. The van der Waals surface area contributed by atoms with Crippen LogP contribution in [0.15, 0.2) is 18.2 Å². The van der Waals surface area contributed by atoms with Crippen molar-refractivity contribution in [3.63, 3.8) is 0 Å². The van der Waals surface area contributed by atoms with Crippen LogP contribution < -0.4 is 5.46 Å². The minimum absolute atomic E-state index is 0.133. The van der Waals surface area contributed by atoms with E-state index >= 15 is 0 Å². The molecule has 0 amide bonds. The number of hydrogen-bond acceptors (Lipinski definition) is 3. The quantitative estimate of drug-likeness (QED) is 0.868. The van der Waals surface area contributed by atoms with Crippen molar-refractivity contribution < 1.29 is 23.6 Å². The molecular weight excluding hydrogens is 286 g/mol. The Bertz CT molecular complexity index is 570. The largest absolute Gasteiger partial charge is 0.497 e. The fourth-order valence-corrected chi connectivity index (χ4v) is 2.33. The van der Waals surface area contributed by atoms with Gasteiger partial charge in [0.25, 0.3) is 0 Å². The van der Waals surface area contributed by atoms with Gasteiger partial charge in [0, 0.05) is 5.46 Å². The van der Waals surface area contributed by atoms with Crippen LogP contribution in [-0.2, 0) is 20.5 Å². The second-order valence-electron chi connectivity index (χ2n) is 6.85. The minimum atomic E-state index is -0.944. The summed E-state index contributed by atoms with van der Waals surface area (Å²) in [6.07, 6.45) is 0.133. The molecule has 1 unspecified atom stereocenters. The van der Waals surface area contributed by atoms with Crippen molar-refractivity contribution in [2.75, 3.05) is 0 Å². The van der Waals surface area contributed by atoms with Gasteiger partial charge >= 0.3 is 13.1 Å². The van der Waals surface area contributed by atoms with Crippen LogP contribution in [-0.4, -0.2) is 29.4 Å². The number of carboxylic acids is 1. The van der Waals surface area contributed by atoms with Gasteiger partial charge in [0.15, 0.2) is 0 Å². The zero-order valence-corrected chi connectivity index (χ0v) is 13.6. The van der Waals surface area contributed by atoms with Gasteiger partial charge in [-0.2, -0.15) is 0 Å². The zero-order chi connectivity index (χ0) is 16.7. The predicted molar refractivity (Wildman–Crippen MR) is 82.6 cm³/mol. The Morgan fingerprint density at radius 3 is 2.32 bits per heavy atom. The fourth-order valence-electron chi connectivity index (χ4n) is 2.33. The average molecular weight is 308 g/mol. The number of rotatable bonds is 4. The van der Waals surface area contributed by atoms with Crippen molar-refractivity contribution in [2.24, 2.45) is 5.92 Å². The summed E-state index contributed by atoms with van der Waals surface area (Å²) in [5, 5.41) is 8.98. The van der Waals surface area contributed by atoms with Gasteiger partial charge in [-0.15, -0.1) is 0 Å². The van der Waals surface area contributed by atoms with Gasteiger partial charge < -0.3 is 14.4 Å². The molecule has 1 aromatic rings. The second kappa shape index (κ2) is 5.67. The molecule has 1 N–H and O–H groups in total. The molecule has 1 aliphatic heterocycles. The predicted octanol–water partition coefficient (Wildman–Crippen LogP) is 2.39. The summed E-state index contributed by atoms with van der Waals surface area (Å²) < 4.78 is 26.4. The molecule has 1 aliphatic rings. The van der Waals surface area contributed by atoms with Gasteiger partial charge in [0.1, 0.15) is 5.82 Å². The Hall–Kier alpha value is -1.40. The maximum absolute atomic E-state index is 14.7. The van der Waals surface area contributed by atoms with E-state index in [1.54, 1.807) is 25.1 Å². The normalized spacial score (nSPS) is 20.9. The van der Waals surface area contributed by atoms with Crippen LogP contribution in [0.5, 0.6) is 0 Å². The number of aliphatic carboxylic acids is 1. The van der Waals surface area contributed by atoms with Gasteiger partial charge in [0.05, 0.1) is 17.1 Å². The summed E-state index contributed by atoms with van der Waals surface area (Å²) in [6, 6.07) is 4.92. The zero-order valence-electron chi connectivity index (χ0n) is 13.6. The lowest BCUT2D eigenvalue weighted by Crippen LogP contribution is -2.41. The Labute approximate surface area is 130 Å². The topological polar surface area (TPSA) is 55.8 Å². The summed E-state index contributed by atoms with van der Waals surface area (Å²) in [7, 11) is -0.787. The number of carboxylic acid groups (broad SMARTS) is 1. The van der Waals surface area contributed by atoms with Crippen LogP contribution in [0.2, 0.25) is 0 Å². The molecule has 1 saturated heterocycles. The summed E-state index contributed by atoms with van der Waals surface area (Å²) >= 11 is 0. The molecule has 0 saturated carbocycles. The maximum atomic E-state index is 14.7. The van der Waals surface area contributed by atoms with Crippen LogP contribution >= 0.6 is 0 Å². The molecular formula is C16H22BFO4. The monoisotopic (exact) mass is 308 g/mol. The van der Waals surface area contributed by atoms with Crippen molar-refractivity contribution in [1.29, 1.82) is 0 Å². The van der Waals surface area contributed by atoms with E-state index in [9.17, 15) is 9.18 Å². The van der Waals surface area contributed by atoms with E-state index in [1.807, 2.05) is 27.7 Å². The summed E-state index contributed by atoms with van der Waals surface area (Å²) in [5.41, 5.74) is -0.418. The van der Waals surface area contributed by atoms with Crippen LogP contribution in [0.1, 0.15) is 40.2 Å². The third kappa shape index (κ3) is 3.03. The standard InChI is InChI=1S/C16H22BFO4/c1-10(14(19)20)9-11-7-6-8-12(13(11)18)17-21-15(2,3)16(4,5)22-17/h6-8,10H,9H2,1-5H3,(H,19,20). The number of halogens is 1. The molecule has 2 rings (SSSR count). The molecule has 120 valence electrons. The van der Waals surface area contributed by atoms with Crippen molar-refractivity contribution in [3.8, 4) is 0 Å². The van der Waals surface area contributed by atoms with E-state index in [0.717, 1.165) is 0 Å². The Kier molecular flexibility index (Phi) is 4.37. The third-order valence-corrected chi connectivity index (χ3v) is 4.56. The van der Waals surface area contributed by atoms with E-state index in [1.165, 1.54) is 0 Å². The van der Waals surface area contributed by atoms with E-state index in [-0.39, 0.29) is 6.42 Å². The van der Waals surface area contributed by atoms with E-state index in [0.29, 0.717) is 11.0 Å². The van der Waals surface area contributed by atoms with E-state index in [4.69, 9.17) is 14.4 Å². The van der Waals surface area contributed by atoms with Crippen molar-refractivity contribution >= 4 is 18.6 Å². The summed E-state index contributed by atoms with van der Waals surface area (Å²) in [4.78, 5) is 11.0. The molecule has 1 atom stereocenters. The smallest absolute Gasteiger partial charge is 0.481 e. The van der Waals surface area contributed by atoms with Crippen molar-refractivity contribution in [3.05, 3.63) is 29.6 Å². The minimum Gasteiger partial charge on any atom is -0.481 e. The molecule has 4 nitrogen and oxygen atoms in total. The molecule has 22 heavy (non-hydrogen) atoms. The Morgan fingerprint density at radius 1 is 1.27 bits per heavy atom. The van der Waals surface area contributed by atoms with Crippen LogP contribution in [0.25, 0.3) is 0 Å². The number of benzene rings is 1. The van der Waals surface area contributed by atoms with Crippen molar-refractivity contribution in [2.45, 2.75) is 52.2 Å². The molecule has 0 spiro atoms. The average Bonchev–Trinajstić information content (AvgIpc) is 2.60. The lowest BCUT2D eigenvalue weighted by atomic mass is 9.77. The molecule has 6 heteroatoms. The van der Waals surface area contributed by atoms with Crippen LogP contribution in [0, 0.1) is 11.7 Å². The highest BCUT2D eigenvalue weighted by atomic mass is 19.1. The van der Waals surface area contributed by atoms with Gasteiger partial charge in [-0.3, -0.25) is 4.79 Å². The van der Waals surface area contributed by atoms with Crippen LogP contribution in [0.4, 0.5) is 4.39 Å². The van der Waals surface area contributed by atoms with E-state index in [2.05, 4.69) is 0 Å². The first-order valence-corrected chi connectivity index (χ1v) is 7.41. The number of hydrogen-bond donors (Lipinski definition) is 1. The number of carbonyl (C=O) groups is 1. The molecule has 1 aromatic carbocycles. The molecule has 1 fully saturated rings. The highest BCUT2D eigenvalue weighted by molar-refractivity contribution is 6.62. The second-order valence-corrected chi connectivity index (χ2v) is 6.85. The first kappa shape index (κ1) is 17.0. The Morgan fingerprint density at radius 2 is 1.82 bits per heavy atom. The highest BCUT2D eigenvalue weighted by Crippen LogP contribution is 2.36. The van der Waals surface area contributed by atoms with Gasteiger partial charge in [-0.1, -0.05) is 25.1 Å². The van der Waals surface area contributed by atoms with Crippen LogP contribution in [0.3, 0.4) is 0 Å². The van der Waals surface area contributed by atoms with Gasteiger partial charge in [-0.25, -0.2) is 4.39 Å². The van der Waals surface area contributed by atoms with Gasteiger partial charge in [-0.05, 0) is 39.7 Å². The third-order valence-electron chi connectivity index (χ3n) is 4.56. The van der Waals surface area contributed by atoms with Gasteiger partial charge in [0.2, 0.25) is 0 Å². The molecule has 0 aromatic heterocycles. The molecule has 0 bridgehead atoms.